The van der Waals surface area contributed by atoms with Crippen LogP contribution >= 0.6 is 0 Å². The molecule has 6 nitrogen and oxygen atoms in total. The summed E-state index contributed by atoms with van der Waals surface area (Å²) >= 11 is 0. The largest absolute Gasteiger partial charge is 0.486 e. The van der Waals surface area contributed by atoms with Crippen LogP contribution < -0.4 is 14.8 Å². The first-order chi connectivity index (χ1) is 10.7. The van der Waals surface area contributed by atoms with Gasteiger partial charge in [-0.2, -0.15) is 0 Å². The zero-order valence-corrected chi connectivity index (χ0v) is 14.3. The summed E-state index contributed by atoms with van der Waals surface area (Å²) in [6.45, 7) is 6.35. The minimum Gasteiger partial charge on any atom is -0.486 e. The number of likely N-dealkylation sites (N-methyl/N-ethyl adjacent to an activating group) is 1. The van der Waals surface area contributed by atoms with E-state index in [1.54, 1.807) is 21.0 Å². The van der Waals surface area contributed by atoms with E-state index >= 15 is 0 Å². The van der Waals surface area contributed by atoms with Crippen molar-refractivity contribution in [3.63, 3.8) is 0 Å². The van der Waals surface area contributed by atoms with E-state index in [0.717, 1.165) is 5.56 Å². The monoisotopic (exact) mass is 320 g/mol. The quantitative estimate of drug-likeness (QED) is 0.909. The van der Waals surface area contributed by atoms with Crippen LogP contribution in [0.2, 0.25) is 0 Å². The van der Waals surface area contributed by atoms with Gasteiger partial charge in [0.25, 0.3) is 0 Å². The van der Waals surface area contributed by atoms with Gasteiger partial charge >= 0.3 is 0 Å². The minimum absolute atomic E-state index is 0.142. The first-order valence-corrected chi connectivity index (χ1v) is 7.65. The van der Waals surface area contributed by atoms with Crippen molar-refractivity contribution in [2.24, 2.45) is 0 Å². The molecular weight excluding hydrogens is 296 g/mol. The van der Waals surface area contributed by atoms with Crippen molar-refractivity contribution >= 4 is 11.8 Å². The highest BCUT2D eigenvalue weighted by atomic mass is 16.6. The molecule has 0 spiro atoms. The Balaban J connectivity index is 2.17. The summed E-state index contributed by atoms with van der Waals surface area (Å²) in [7, 11) is 3.33. The lowest BCUT2D eigenvalue weighted by atomic mass is 9.83. The number of carbonyl (C=O) groups excluding carboxylic acids is 2. The summed E-state index contributed by atoms with van der Waals surface area (Å²) in [6.07, 6.45) is 0. The number of hydrogen-bond acceptors (Lipinski definition) is 4. The second-order valence-electron chi connectivity index (χ2n) is 6.41. The molecule has 1 aromatic rings. The maximum Gasteiger partial charge on any atom is 0.244 e. The van der Waals surface area contributed by atoms with Gasteiger partial charge in [0, 0.05) is 14.1 Å². The van der Waals surface area contributed by atoms with Crippen molar-refractivity contribution in [2.45, 2.75) is 32.2 Å². The minimum atomic E-state index is -0.795. The number of nitrogens with zero attached hydrogens (tertiary/aromatic N) is 1. The molecule has 126 valence electrons. The van der Waals surface area contributed by atoms with E-state index in [1.807, 2.05) is 32.0 Å². The Bertz CT molecular complexity index is 611. The summed E-state index contributed by atoms with van der Waals surface area (Å²) in [4.78, 5) is 26.0. The lowest BCUT2D eigenvalue weighted by Crippen LogP contribution is -2.49. The average molecular weight is 320 g/mol. The fraction of sp³-hybridized carbons (Fsp3) is 0.529. The zero-order valence-electron chi connectivity index (χ0n) is 14.3. The number of ether oxygens (including phenoxy) is 2. The van der Waals surface area contributed by atoms with Gasteiger partial charge in [0.1, 0.15) is 19.3 Å². The first-order valence-electron chi connectivity index (χ1n) is 7.65. The Morgan fingerprint density at radius 3 is 2.39 bits per heavy atom. The fourth-order valence-electron chi connectivity index (χ4n) is 2.39. The third kappa shape index (κ3) is 3.57. The molecule has 1 aliphatic rings. The van der Waals surface area contributed by atoms with Crippen molar-refractivity contribution in [1.82, 2.24) is 10.2 Å². The lowest BCUT2D eigenvalue weighted by Gasteiger charge is -2.28. The van der Waals surface area contributed by atoms with Gasteiger partial charge in [-0.3, -0.25) is 9.59 Å². The number of benzene rings is 1. The van der Waals surface area contributed by atoms with E-state index in [4.69, 9.17) is 9.47 Å². The maximum absolute atomic E-state index is 12.6. The van der Waals surface area contributed by atoms with Crippen LogP contribution in [0.5, 0.6) is 11.5 Å². The molecule has 2 amide bonds. The van der Waals surface area contributed by atoms with Gasteiger partial charge in [-0.05, 0) is 38.5 Å². The van der Waals surface area contributed by atoms with Gasteiger partial charge in [0.15, 0.2) is 11.5 Å². The van der Waals surface area contributed by atoms with Crippen molar-refractivity contribution in [3.8, 4) is 11.5 Å². The van der Waals surface area contributed by atoms with Crippen LogP contribution in [-0.4, -0.2) is 50.1 Å². The predicted octanol–water partition coefficient (Wildman–Crippen LogP) is 1.33. The number of amides is 2. The molecule has 0 saturated carbocycles. The Hall–Kier alpha value is -2.24. The van der Waals surface area contributed by atoms with E-state index in [9.17, 15) is 9.59 Å². The van der Waals surface area contributed by atoms with Crippen molar-refractivity contribution in [3.05, 3.63) is 23.8 Å². The van der Waals surface area contributed by atoms with Crippen LogP contribution in [0.25, 0.3) is 0 Å². The fourth-order valence-corrected chi connectivity index (χ4v) is 2.39. The van der Waals surface area contributed by atoms with Crippen molar-refractivity contribution in [2.75, 3.05) is 27.3 Å². The molecule has 1 aliphatic heterocycles. The standard InChI is InChI=1S/C17H24N2O4/c1-11(15(20)19(4)5)18-16(21)17(2,3)12-6-7-13-14(10-12)23-9-8-22-13/h6-7,10-11H,8-9H2,1-5H3,(H,18,21). The highest BCUT2D eigenvalue weighted by Crippen LogP contribution is 2.35. The van der Waals surface area contributed by atoms with Crippen LogP contribution in [0.4, 0.5) is 0 Å². The molecule has 0 radical (unpaired) electrons. The molecule has 1 unspecified atom stereocenters. The Morgan fingerprint density at radius 1 is 1.17 bits per heavy atom. The summed E-state index contributed by atoms with van der Waals surface area (Å²) < 4.78 is 11.1. The molecule has 0 bridgehead atoms. The smallest absolute Gasteiger partial charge is 0.244 e. The van der Waals surface area contributed by atoms with Crippen LogP contribution in [0.3, 0.4) is 0 Å². The zero-order chi connectivity index (χ0) is 17.2. The third-order valence-electron chi connectivity index (χ3n) is 3.99. The second-order valence-corrected chi connectivity index (χ2v) is 6.41. The molecule has 1 atom stereocenters. The Kier molecular flexibility index (Phi) is 4.82. The van der Waals surface area contributed by atoms with E-state index in [0.29, 0.717) is 24.7 Å². The van der Waals surface area contributed by atoms with E-state index in [1.165, 1.54) is 4.90 Å². The molecule has 0 fully saturated rings. The molecule has 0 aliphatic carbocycles. The highest BCUT2D eigenvalue weighted by molar-refractivity contribution is 5.92. The average Bonchev–Trinajstić information content (AvgIpc) is 2.53. The molecule has 0 aromatic heterocycles. The number of nitrogens with one attached hydrogen (secondary N) is 1. The molecule has 1 N–H and O–H groups in total. The number of carbonyl (C=O) groups is 2. The van der Waals surface area contributed by atoms with Crippen LogP contribution in [0, 0.1) is 0 Å². The van der Waals surface area contributed by atoms with E-state index in [-0.39, 0.29) is 11.8 Å². The van der Waals surface area contributed by atoms with E-state index in [2.05, 4.69) is 5.32 Å². The lowest BCUT2D eigenvalue weighted by molar-refractivity contribution is -0.135. The summed E-state index contributed by atoms with van der Waals surface area (Å²) in [5.74, 6) is 0.979. The molecule has 6 heteroatoms. The molecule has 0 saturated heterocycles. The predicted molar refractivity (Wildman–Crippen MR) is 86.8 cm³/mol. The van der Waals surface area contributed by atoms with Gasteiger partial charge in [0.05, 0.1) is 5.41 Å². The second kappa shape index (κ2) is 6.48. The number of rotatable bonds is 4. The van der Waals surface area contributed by atoms with Gasteiger partial charge in [0.2, 0.25) is 11.8 Å². The SMILES string of the molecule is CC(NC(=O)C(C)(C)c1ccc2c(c1)OCCO2)C(=O)N(C)C. The van der Waals surface area contributed by atoms with Crippen molar-refractivity contribution < 1.29 is 19.1 Å². The molecular formula is C17H24N2O4. The van der Waals surface area contributed by atoms with E-state index < -0.39 is 11.5 Å². The van der Waals surface area contributed by atoms with Crippen molar-refractivity contribution in [1.29, 1.82) is 0 Å². The normalized spacial score (nSPS) is 14.8. The van der Waals surface area contributed by atoms with Gasteiger partial charge in [-0.1, -0.05) is 6.07 Å². The summed E-state index contributed by atoms with van der Waals surface area (Å²) in [5, 5.41) is 2.78. The molecule has 1 heterocycles. The summed E-state index contributed by atoms with van der Waals surface area (Å²) in [6, 6.07) is 4.92. The highest BCUT2D eigenvalue weighted by Gasteiger charge is 2.33. The van der Waals surface area contributed by atoms with Gasteiger partial charge in [-0.15, -0.1) is 0 Å². The van der Waals surface area contributed by atoms with Gasteiger partial charge < -0.3 is 19.7 Å². The topological polar surface area (TPSA) is 67.9 Å². The molecule has 1 aromatic carbocycles. The summed E-state index contributed by atoms with van der Waals surface area (Å²) in [5.41, 5.74) is 0.0141. The van der Waals surface area contributed by atoms with Gasteiger partial charge in [-0.25, -0.2) is 0 Å². The van der Waals surface area contributed by atoms with Crippen LogP contribution in [0.1, 0.15) is 26.3 Å². The third-order valence-corrected chi connectivity index (χ3v) is 3.99. The van der Waals surface area contributed by atoms with Crippen LogP contribution in [0.15, 0.2) is 18.2 Å². The first kappa shape index (κ1) is 17.1. The maximum atomic E-state index is 12.6. The molecule has 2 rings (SSSR count). The Labute approximate surface area is 136 Å². The Morgan fingerprint density at radius 2 is 1.78 bits per heavy atom. The van der Waals surface area contributed by atoms with Crippen LogP contribution in [-0.2, 0) is 15.0 Å². The molecule has 23 heavy (non-hydrogen) atoms. The number of hydrogen-bond donors (Lipinski definition) is 1. The number of fused-ring (bicyclic) bond motifs is 1.